The fourth-order valence-electron chi connectivity index (χ4n) is 1.62. The molecule has 1 aromatic rings. The number of carbonyl (C=O) groups excluding carboxylic acids is 1. The summed E-state index contributed by atoms with van der Waals surface area (Å²) in [5, 5.41) is 2.79. The smallest absolute Gasteiger partial charge is 0.253 e. The number of ether oxygens (including phenoxy) is 1. The number of hydrogen-bond acceptors (Lipinski definition) is 2. The Balaban J connectivity index is 2.12. The molecule has 0 radical (unpaired) electrons. The van der Waals surface area contributed by atoms with Crippen LogP contribution in [0.4, 0.5) is 10.1 Å². The maximum absolute atomic E-state index is 13.1. The Kier molecular flexibility index (Phi) is 4.01. The van der Waals surface area contributed by atoms with Crippen molar-refractivity contribution in [3.8, 4) is 0 Å². The van der Waals surface area contributed by atoms with E-state index in [0.29, 0.717) is 18.7 Å². The Bertz CT molecular complexity index is 449. The monoisotopic (exact) mass is 321 g/mol. The van der Waals surface area contributed by atoms with Crippen molar-refractivity contribution in [3.63, 3.8) is 0 Å². The van der Waals surface area contributed by atoms with Gasteiger partial charge in [-0.25, -0.2) is 4.39 Å². The van der Waals surface area contributed by atoms with Gasteiger partial charge >= 0.3 is 0 Å². The molecule has 1 amide bonds. The van der Waals surface area contributed by atoms with Crippen LogP contribution in [0, 0.1) is 5.82 Å². The molecule has 0 unspecified atom stereocenters. The van der Waals surface area contributed by atoms with Crippen molar-refractivity contribution in [2.24, 2.45) is 0 Å². The van der Waals surface area contributed by atoms with E-state index in [2.05, 4.69) is 21.2 Å². The second-order valence-electron chi connectivity index (χ2n) is 3.74. The number of benzene rings is 1. The lowest BCUT2D eigenvalue weighted by Gasteiger charge is -2.12. The summed E-state index contributed by atoms with van der Waals surface area (Å²) in [6, 6.07) is 2.58. The molecule has 17 heavy (non-hydrogen) atoms. The molecule has 0 spiro atoms. The van der Waals surface area contributed by atoms with E-state index in [-0.39, 0.29) is 15.4 Å². The van der Waals surface area contributed by atoms with Gasteiger partial charge in [0.15, 0.2) is 0 Å². The lowest BCUT2D eigenvalue weighted by atomic mass is 10.2. The van der Waals surface area contributed by atoms with E-state index in [1.807, 2.05) is 0 Å². The van der Waals surface area contributed by atoms with Crippen molar-refractivity contribution in [2.45, 2.75) is 18.9 Å². The molecule has 1 N–H and O–H groups in total. The van der Waals surface area contributed by atoms with Crippen molar-refractivity contribution >= 4 is 39.1 Å². The summed E-state index contributed by atoms with van der Waals surface area (Å²) < 4.78 is 18.6. The summed E-state index contributed by atoms with van der Waals surface area (Å²) in [6.45, 7) is 0.596. The van der Waals surface area contributed by atoms with Gasteiger partial charge in [0.05, 0.1) is 15.2 Å². The van der Waals surface area contributed by atoms with E-state index in [1.54, 1.807) is 0 Å². The zero-order valence-corrected chi connectivity index (χ0v) is 11.1. The molecule has 1 aliphatic heterocycles. The first-order valence-corrected chi connectivity index (χ1v) is 6.32. The Morgan fingerprint density at radius 2 is 2.35 bits per heavy atom. The molecule has 0 bridgehead atoms. The Labute approximate surface area is 111 Å². The van der Waals surface area contributed by atoms with E-state index in [4.69, 9.17) is 16.3 Å². The molecule has 1 saturated heterocycles. The molecule has 1 atom stereocenters. The van der Waals surface area contributed by atoms with Gasteiger partial charge in [-0.1, -0.05) is 11.6 Å². The number of hydrogen-bond donors (Lipinski definition) is 1. The highest BCUT2D eigenvalue weighted by Gasteiger charge is 2.24. The Morgan fingerprint density at radius 1 is 1.59 bits per heavy atom. The summed E-state index contributed by atoms with van der Waals surface area (Å²) in [4.78, 5) is 11.8. The fraction of sp³-hybridized carbons (Fsp3) is 0.364. The van der Waals surface area contributed by atoms with Crippen LogP contribution in [0.5, 0.6) is 0 Å². The fourth-order valence-corrected chi connectivity index (χ4v) is 2.16. The third kappa shape index (κ3) is 2.97. The van der Waals surface area contributed by atoms with Gasteiger partial charge in [-0.15, -0.1) is 0 Å². The van der Waals surface area contributed by atoms with Gasteiger partial charge in [-0.3, -0.25) is 4.79 Å². The zero-order valence-electron chi connectivity index (χ0n) is 8.80. The molecular formula is C11H10BrClFNO2. The molecule has 92 valence electrons. The second kappa shape index (κ2) is 5.33. The highest BCUT2D eigenvalue weighted by atomic mass is 79.9. The summed E-state index contributed by atoms with van der Waals surface area (Å²) in [5.41, 5.74) is 0.375. The van der Waals surface area contributed by atoms with E-state index < -0.39 is 11.9 Å². The van der Waals surface area contributed by atoms with Crippen LogP contribution in [0.3, 0.4) is 0 Å². The first kappa shape index (κ1) is 12.8. The minimum atomic E-state index is -0.467. The van der Waals surface area contributed by atoms with Crippen molar-refractivity contribution in [1.29, 1.82) is 0 Å². The van der Waals surface area contributed by atoms with Gasteiger partial charge in [0.25, 0.3) is 5.91 Å². The average Bonchev–Trinajstić information content (AvgIpc) is 2.79. The molecule has 1 aromatic carbocycles. The molecule has 1 fully saturated rings. The van der Waals surface area contributed by atoms with Crippen LogP contribution in [0.25, 0.3) is 0 Å². The molecule has 0 aromatic heterocycles. The summed E-state index contributed by atoms with van der Waals surface area (Å²) >= 11 is 8.87. The van der Waals surface area contributed by atoms with Gasteiger partial charge in [-0.2, -0.15) is 0 Å². The number of rotatable bonds is 2. The molecule has 0 saturated carbocycles. The van der Waals surface area contributed by atoms with Gasteiger partial charge in [-0.05, 0) is 40.9 Å². The molecule has 6 heteroatoms. The molecule has 3 nitrogen and oxygen atoms in total. The molecule has 0 aliphatic carbocycles. The van der Waals surface area contributed by atoms with Crippen LogP contribution in [0.1, 0.15) is 12.8 Å². The highest BCUT2D eigenvalue weighted by molar-refractivity contribution is 9.10. The van der Waals surface area contributed by atoms with Gasteiger partial charge < -0.3 is 10.1 Å². The summed E-state index contributed by atoms with van der Waals surface area (Å²) in [6.07, 6.45) is 1.14. The number of halogens is 3. The quantitative estimate of drug-likeness (QED) is 0.848. The van der Waals surface area contributed by atoms with E-state index >= 15 is 0 Å². The van der Waals surface area contributed by atoms with Crippen LogP contribution in [0.2, 0.25) is 5.02 Å². The maximum Gasteiger partial charge on any atom is 0.253 e. The minimum absolute atomic E-state index is 0.164. The molecule has 1 heterocycles. The first-order valence-electron chi connectivity index (χ1n) is 5.15. The van der Waals surface area contributed by atoms with E-state index in [9.17, 15) is 9.18 Å². The zero-order chi connectivity index (χ0) is 12.4. The van der Waals surface area contributed by atoms with Gasteiger partial charge in [0, 0.05) is 6.61 Å². The predicted molar refractivity (Wildman–Crippen MR) is 66.7 cm³/mol. The normalized spacial score (nSPS) is 19.4. The van der Waals surface area contributed by atoms with Crippen molar-refractivity contribution in [2.75, 3.05) is 11.9 Å². The minimum Gasteiger partial charge on any atom is -0.368 e. The van der Waals surface area contributed by atoms with Gasteiger partial charge in [0.1, 0.15) is 11.9 Å². The maximum atomic E-state index is 13.1. The van der Waals surface area contributed by atoms with E-state index in [1.165, 1.54) is 6.07 Å². The molecular weight excluding hydrogens is 312 g/mol. The van der Waals surface area contributed by atoms with Crippen LogP contribution >= 0.6 is 27.5 Å². The lowest BCUT2D eigenvalue weighted by molar-refractivity contribution is -0.124. The predicted octanol–water partition coefficient (Wildman–Crippen LogP) is 3.36. The SMILES string of the molecule is O=C(Nc1cc(Br)c(F)cc1Cl)[C@@H]1CCCO1. The van der Waals surface area contributed by atoms with Gasteiger partial charge in [0.2, 0.25) is 0 Å². The number of amides is 1. The Hall–Kier alpha value is -0.650. The summed E-state index contributed by atoms with van der Waals surface area (Å²) in [7, 11) is 0. The van der Waals surface area contributed by atoms with Crippen molar-refractivity contribution in [3.05, 3.63) is 27.4 Å². The average molecular weight is 323 g/mol. The van der Waals surface area contributed by atoms with Crippen LogP contribution in [-0.4, -0.2) is 18.6 Å². The summed E-state index contributed by atoms with van der Waals surface area (Å²) in [5.74, 6) is -0.715. The topological polar surface area (TPSA) is 38.3 Å². The molecule has 2 rings (SSSR count). The third-order valence-electron chi connectivity index (χ3n) is 2.49. The third-order valence-corrected chi connectivity index (χ3v) is 3.41. The first-order chi connectivity index (χ1) is 8.08. The lowest BCUT2D eigenvalue weighted by Crippen LogP contribution is -2.27. The second-order valence-corrected chi connectivity index (χ2v) is 5.00. The Morgan fingerprint density at radius 3 is 3.00 bits per heavy atom. The standard InChI is InChI=1S/C11H10BrClFNO2/c12-6-4-9(7(13)5-8(6)14)15-11(16)10-2-1-3-17-10/h4-5,10H,1-3H2,(H,15,16)/t10-/m0/s1. The van der Waals surface area contributed by atoms with E-state index in [0.717, 1.165) is 12.5 Å². The van der Waals surface area contributed by atoms with Crippen LogP contribution in [-0.2, 0) is 9.53 Å². The van der Waals surface area contributed by atoms with Crippen molar-refractivity contribution < 1.29 is 13.9 Å². The van der Waals surface area contributed by atoms with Crippen LogP contribution < -0.4 is 5.32 Å². The largest absolute Gasteiger partial charge is 0.368 e. The van der Waals surface area contributed by atoms with Crippen molar-refractivity contribution in [1.82, 2.24) is 0 Å². The number of nitrogens with one attached hydrogen (secondary N) is 1. The number of carbonyl (C=O) groups is 1. The highest BCUT2D eigenvalue weighted by Crippen LogP contribution is 2.29. The van der Waals surface area contributed by atoms with Crippen LogP contribution in [0.15, 0.2) is 16.6 Å². The molecule has 1 aliphatic rings. The number of anilines is 1.